The molecular formula is C17H24N4OS. The lowest BCUT2D eigenvalue weighted by atomic mass is 9.87. The van der Waals surface area contributed by atoms with Crippen molar-refractivity contribution >= 4 is 17.3 Å². The third-order valence-corrected chi connectivity index (χ3v) is 5.49. The van der Waals surface area contributed by atoms with Crippen LogP contribution in [0, 0.1) is 5.41 Å². The van der Waals surface area contributed by atoms with Gasteiger partial charge in [0.2, 0.25) is 5.89 Å². The zero-order valence-corrected chi connectivity index (χ0v) is 14.8. The summed E-state index contributed by atoms with van der Waals surface area (Å²) < 4.78 is 5.56. The van der Waals surface area contributed by atoms with E-state index in [-0.39, 0.29) is 0 Å². The van der Waals surface area contributed by atoms with Crippen molar-refractivity contribution in [1.29, 1.82) is 0 Å². The molecule has 124 valence electrons. The zero-order valence-electron chi connectivity index (χ0n) is 14.0. The van der Waals surface area contributed by atoms with Crippen LogP contribution in [0.15, 0.2) is 33.2 Å². The molecule has 3 rings (SSSR count). The fraction of sp³-hybridized carbons (Fsp3) is 0.529. The molecule has 1 unspecified atom stereocenters. The number of thiophene rings is 1. The van der Waals surface area contributed by atoms with E-state index in [1.165, 1.54) is 12.8 Å². The topological polar surface area (TPSA) is 53.7 Å². The van der Waals surface area contributed by atoms with E-state index in [2.05, 4.69) is 34.0 Å². The molecule has 0 bridgehead atoms. The van der Waals surface area contributed by atoms with Crippen molar-refractivity contribution in [3.05, 3.63) is 29.5 Å². The molecule has 0 saturated carbocycles. The first-order valence-electron chi connectivity index (χ1n) is 8.07. The minimum absolute atomic E-state index is 0.401. The normalized spacial score (nSPS) is 21.9. The van der Waals surface area contributed by atoms with Crippen LogP contribution in [0.2, 0.25) is 0 Å². The van der Waals surface area contributed by atoms with Gasteiger partial charge < -0.3 is 14.6 Å². The molecule has 1 aliphatic rings. The van der Waals surface area contributed by atoms with E-state index < -0.39 is 0 Å². The molecular weight excluding hydrogens is 308 g/mol. The number of nitrogens with zero attached hydrogens (tertiary/aromatic N) is 3. The molecule has 1 aliphatic heterocycles. The summed E-state index contributed by atoms with van der Waals surface area (Å²) in [5.41, 5.74) is 1.30. The minimum Gasteiger partial charge on any atom is -0.443 e. The molecule has 0 amide bonds. The standard InChI is InChI=1S/C17H24N4OS/c1-4-17(2)7-8-21(12-17)16(18-3)19-10-13-11-22-15(20-13)14-6-5-9-23-14/h5-6,9,11H,4,7-8,10,12H2,1-3H3,(H,18,19). The van der Waals surface area contributed by atoms with Gasteiger partial charge >= 0.3 is 0 Å². The summed E-state index contributed by atoms with van der Waals surface area (Å²) in [6, 6.07) is 4.02. The Balaban J connectivity index is 1.59. The molecule has 1 fully saturated rings. The second-order valence-electron chi connectivity index (χ2n) is 6.36. The molecule has 2 aromatic heterocycles. The summed E-state index contributed by atoms with van der Waals surface area (Å²) in [5.74, 6) is 1.63. The van der Waals surface area contributed by atoms with Crippen LogP contribution in [0.4, 0.5) is 0 Å². The second kappa shape index (κ2) is 6.74. The highest BCUT2D eigenvalue weighted by atomic mass is 32.1. The van der Waals surface area contributed by atoms with Gasteiger partial charge in [-0.15, -0.1) is 11.3 Å². The van der Waals surface area contributed by atoms with E-state index in [9.17, 15) is 0 Å². The van der Waals surface area contributed by atoms with Crippen LogP contribution in [-0.4, -0.2) is 36.0 Å². The van der Waals surface area contributed by atoms with Crippen LogP contribution in [0.1, 0.15) is 32.4 Å². The molecule has 2 aromatic rings. The molecule has 3 heterocycles. The number of guanidine groups is 1. The SMILES string of the molecule is CCC1(C)CCN(C(=NC)NCc2coc(-c3cccs3)n2)C1. The van der Waals surface area contributed by atoms with Gasteiger partial charge in [0.15, 0.2) is 5.96 Å². The molecule has 1 atom stereocenters. The molecule has 0 aliphatic carbocycles. The number of hydrogen-bond acceptors (Lipinski definition) is 4. The Labute approximate surface area is 141 Å². The molecule has 1 N–H and O–H groups in total. The van der Waals surface area contributed by atoms with Crippen LogP contribution in [-0.2, 0) is 6.54 Å². The smallest absolute Gasteiger partial charge is 0.236 e. The molecule has 0 aromatic carbocycles. The number of aliphatic imine (C=N–C) groups is 1. The Morgan fingerprint density at radius 1 is 1.57 bits per heavy atom. The number of rotatable bonds is 4. The number of hydrogen-bond donors (Lipinski definition) is 1. The second-order valence-corrected chi connectivity index (χ2v) is 7.31. The van der Waals surface area contributed by atoms with Gasteiger partial charge in [-0.25, -0.2) is 4.98 Å². The Hall–Kier alpha value is -1.82. The monoisotopic (exact) mass is 332 g/mol. The van der Waals surface area contributed by atoms with E-state index in [0.29, 0.717) is 17.9 Å². The number of oxazole rings is 1. The minimum atomic E-state index is 0.401. The lowest BCUT2D eigenvalue weighted by Gasteiger charge is -2.25. The van der Waals surface area contributed by atoms with Gasteiger partial charge in [0.05, 0.1) is 17.1 Å². The fourth-order valence-electron chi connectivity index (χ4n) is 2.90. The largest absolute Gasteiger partial charge is 0.443 e. The van der Waals surface area contributed by atoms with Crippen LogP contribution in [0.3, 0.4) is 0 Å². The zero-order chi connectivity index (χ0) is 16.3. The summed E-state index contributed by atoms with van der Waals surface area (Å²) in [5, 5.41) is 5.43. The Bertz CT molecular complexity index is 664. The Morgan fingerprint density at radius 3 is 3.09 bits per heavy atom. The predicted octanol–water partition coefficient (Wildman–Crippen LogP) is 3.60. The average Bonchev–Trinajstić information content (AvgIpc) is 3.28. The van der Waals surface area contributed by atoms with Crippen LogP contribution in [0.25, 0.3) is 10.8 Å². The van der Waals surface area contributed by atoms with E-state index in [1.807, 2.05) is 24.6 Å². The fourth-order valence-corrected chi connectivity index (χ4v) is 3.55. The maximum Gasteiger partial charge on any atom is 0.236 e. The summed E-state index contributed by atoms with van der Waals surface area (Å²) in [7, 11) is 1.84. The van der Waals surface area contributed by atoms with Crippen molar-refractivity contribution < 1.29 is 4.42 Å². The first-order chi connectivity index (χ1) is 11.1. The van der Waals surface area contributed by atoms with Gasteiger partial charge in [-0.3, -0.25) is 4.99 Å². The molecule has 1 saturated heterocycles. The lowest BCUT2D eigenvalue weighted by Crippen LogP contribution is -2.40. The van der Waals surface area contributed by atoms with Crippen molar-refractivity contribution in [2.45, 2.75) is 33.2 Å². The van der Waals surface area contributed by atoms with Crippen molar-refractivity contribution in [2.24, 2.45) is 10.4 Å². The molecule has 6 heteroatoms. The van der Waals surface area contributed by atoms with Gasteiger partial charge in [-0.05, 0) is 29.7 Å². The van der Waals surface area contributed by atoms with Crippen molar-refractivity contribution in [1.82, 2.24) is 15.2 Å². The van der Waals surface area contributed by atoms with E-state index in [1.54, 1.807) is 17.6 Å². The molecule has 0 spiro atoms. The van der Waals surface area contributed by atoms with Crippen LogP contribution in [0.5, 0.6) is 0 Å². The third-order valence-electron chi connectivity index (χ3n) is 4.63. The summed E-state index contributed by atoms with van der Waals surface area (Å²) in [6.07, 6.45) is 4.14. The van der Waals surface area contributed by atoms with Crippen molar-refractivity contribution in [2.75, 3.05) is 20.1 Å². The third kappa shape index (κ3) is 3.58. The number of aromatic nitrogens is 1. The first-order valence-corrected chi connectivity index (χ1v) is 8.95. The predicted molar refractivity (Wildman–Crippen MR) is 94.6 cm³/mol. The maximum absolute atomic E-state index is 5.56. The Morgan fingerprint density at radius 2 is 2.43 bits per heavy atom. The highest BCUT2D eigenvalue weighted by Crippen LogP contribution is 2.32. The number of likely N-dealkylation sites (tertiary alicyclic amines) is 1. The van der Waals surface area contributed by atoms with Gasteiger partial charge in [0.1, 0.15) is 6.26 Å². The van der Waals surface area contributed by atoms with E-state index in [4.69, 9.17) is 4.42 Å². The quantitative estimate of drug-likeness (QED) is 0.686. The summed E-state index contributed by atoms with van der Waals surface area (Å²) >= 11 is 1.63. The van der Waals surface area contributed by atoms with Gasteiger partial charge in [0.25, 0.3) is 0 Å². The van der Waals surface area contributed by atoms with Crippen molar-refractivity contribution in [3.8, 4) is 10.8 Å². The average molecular weight is 332 g/mol. The van der Waals surface area contributed by atoms with E-state index in [0.717, 1.165) is 29.6 Å². The summed E-state index contributed by atoms with van der Waals surface area (Å²) in [4.78, 5) is 12.3. The van der Waals surface area contributed by atoms with E-state index >= 15 is 0 Å². The van der Waals surface area contributed by atoms with Gasteiger partial charge in [0, 0.05) is 20.1 Å². The first kappa shape index (κ1) is 16.1. The van der Waals surface area contributed by atoms with Gasteiger partial charge in [-0.1, -0.05) is 19.9 Å². The molecule has 5 nitrogen and oxygen atoms in total. The van der Waals surface area contributed by atoms with Crippen LogP contribution >= 0.6 is 11.3 Å². The maximum atomic E-state index is 5.56. The van der Waals surface area contributed by atoms with Crippen molar-refractivity contribution in [3.63, 3.8) is 0 Å². The van der Waals surface area contributed by atoms with Crippen LogP contribution < -0.4 is 5.32 Å². The summed E-state index contributed by atoms with van der Waals surface area (Å²) in [6.45, 7) is 7.36. The highest BCUT2D eigenvalue weighted by molar-refractivity contribution is 7.13. The van der Waals surface area contributed by atoms with Gasteiger partial charge in [-0.2, -0.15) is 0 Å². The molecule has 0 radical (unpaired) electrons. The highest BCUT2D eigenvalue weighted by Gasteiger charge is 2.33. The number of nitrogens with one attached hydrogen (secondary N) is 1. The molecule has 23 heavy (non-hydrogen) atoms. The lowest BCUT2D eigenvalue weighted by molar-refractivity contribution is 0.322. The Kier molecular flexibility index (Phi) is 4.71.